The van der Waals surface area contributed by atoms with Crippen LogP contribution in [0, 0.1) is 0 Å². The van der Waals surface area contributed by atoms with Crippen molar-refractivity contribution in [2.24, 2.45) is 0 Å². The van der Waals surface area contributed by atoms with Gasteiger partial charge in [0.15, 0.2) is 0 Å². The van der Waals surface area contributed by atoms with E-state index in [0.717, 1.165) is 38.3 Å². The highest BCUT2D eigenvalue weighted by Crippen LogP contribution is 2.22. The number of anilines is 1. The van der Waals surface area contributed by atoms with Gasteiger partial charge in [-0.05, 0) is 25.0 Å². The molecule has 0 saturated carbocycles. The van der Waals surface area contributed by atoms with Gasteiger partial charge in [0.2, 0.25) is 5.91 Å². The van der Waals surface area contributed by atoms with Crippen molar-refractivity contribution < 1.29 is 9.53 Å². The van der Waals surface area contributed by atoms with Crippen LogP contribution in [0.15, 0.2) is 30.3 Å². The highest BCUT2D eigenvalue weighted by atomic mass is 16.5. The molecule has 1 N–H and O–H groups in total. The van der Waals surface area contributed by atoms with E-state index in [2.05, 4.69) is 5.32 Å². The standard InChI is InChI=1S/C15H20N2O2/c18-15-10-13(16-12-6-8-19-9-7-12)11-17(15)14-4-2-1-3-5-14/h1-5,12-13,16H,6-11H2. The molecule has 3 rings (SSSR count). The maximum absolute atomic E-state index is 12.1. The van der Waals surface area contributed by atoms with E-state index >= 15 is 0 Å². The molecule has 1 aromatic carbocycles. The predicted molar refractivity (Wildman–Crippen MR) is 74.2 cm³/mol. The molecule has 2 heterocycles. The van der Waals surface area contributed by atoms with E-state index in [4.69, 9.17) is 4.74 Å². The van der Waals surface area contributed by atoms with Gasteiger partial charge < -0.3 is 15.0 Å². The summed E-state index contributed by atoms with van der Waals surface area (Å²) in [5, 5.41) is 3.61. The van der Waals surface area contributed by atoms with Gasteiger partial charge in [0.05, 0.1) is 0 Å². The molecule has 0 aliphatic carbocycles. The normalized spacial score (nSPS) is 24.9. The van der Waals surface area contributed by atoms with Crippen molar-refractivity contribution in [2.75, 3.05) is 24.7 Å². The van der Waals surface area contributed by atoms with E-state index in [-0.39, 0.29) is 11.9 Å². The first-order valence-corrected chi connectivity index (χ1v) is 7.02. The lowest BCUT2D eigenvalue weighted by molar-refractivity contribution is -0.117. The Bertz CT molecular complexity index is 429. The van der Waals surface area contributed by atoms with Gasteiger partial charge in [-0.2, -0.15) is 0 Å². The maximum Gasteiger partial charge on any atom is 0.228 e. The lowest BCUT2D eigenvalue weighted by atomic mass is 10.1. The van der Waals surface area contributed by atoms with Crippen molar-refractivity contribution in [3.8, 4) is 0 Å². The Labute approximate surface area is 113 Å². The second kappa shape index (κ2) is 5.72. The van der Waals surface area contributed by atoms with Crippen LogP contribution in [0.3, 0.4) is 0 Å². The molecule has 0 aromatic heterocycles. The molecule has 1 unspecified atom stereocenters. The predicted octanol–water partition coefficient (Wildman–Crippen LogP) is 1.56. The summed E-state index contributed by atoms with van der Waals surface area (Å²) in [6.45, 7) is 2.45. The average Bonchev–Trinajstić information content (AvgIpc) is 2.82. The van der Waals surface area contributed by atoms with Crippen molar-refractivity contribution in [3.63, 3.8) is 0 Å². The fourth-order valence-corrected chi connectivity index (χ4v) is 2.87. The Kier molecular flexibility index (Phi) is 3.80. The zero-order chi connectivity index (χ0) is 13.1. The van der Waals surface area contributed by atoms with E-state index in [1.807, 2.05) is 35.2 Å². The van der Waals surface area contributed by atoms with Crippen LogP contribution in [-0.2, 0) is 9.53 Å². The number of hydrogen-bond acceptors (Lipinski definition) is 3. The lowest BCUT2D eigenvalue weighted by Gasteiger charge is -2.26. The summed E-state index contributed by atoms with van der Waals surface area (Å²) in [6, 6.07) is 10.7. The summed E-state index contributed by atoms with van der Waals surface area (Å²) in [7, 11) is 0. The smallest absolute Gasteiger partial charge is 0.228 e. The fourth-order valence-electron chi connectivity index (χ4n) is 2.87. The van der Waals surface area contributed by atoms with Crippen molar-refractivity contribution in [3.05, 3.63) is 30.3 Å². The average molecular weight is 260 g/mol. The van der Waals surface area contributed by atoms with Gasteiger partial charge in [0.1, 0.15) is 0 Å². The molecule has 0 radical (unpaired) electrons. The molecule has 2 aliphatic rings. The first-order valence-electron chi connectivity index (χ1n) is 7.02. The van der Waals surface area contributed by atoms with E-state index in [1.165, 1.54) is 0 Å². The molecule has 1 aromatic rings. The summed E-state index contributed by atoms with van der Waals surface area (Å²) < 4.78 is 5.36. The zero-order valence-electron chi connectivity index (χ0n) is 11.0. The summed E-state index contributed by atoms with van der Waals surface area (Å²) in [5.74, 6) is 0.218. The molecule has 2 aliphatic heterocycles. The van der Waals surface area contributed by atoms with Crippen molar-refractivity contribution in [2.45, 2.75) is 31.3 Å². The number of carbonyl (C=O) groups is 1. The monoisotopic (exact) mass is 260 g/mol. The number of ether oxygens (including phenoxy) is 1. The Balaban J connectivity index is 1.60. The van der Waals surface area contributed by atoms with Crippen molar-refractivity contribution in [1.29, 1.82) is 0 Å². The number of benzene rings is 1. The Hall–Kier alpha value is -1.39. The summed E-state index contributed by atoms with van der Waals surface area (Å²) in [6.07, 6.45) is 2.71. The molecule has 4 heteroatoms. The first-order chi connectivity index (χ1) is 9.33. The van der Waals surface area contributed by atoms with Gasteiger partial charge in [0, 0.05) is 44.0 Å². The molecule has 1 amide bonds. The van der Waals surface area contributed by atoms with Gasteiger partial charge in [-0.3, -0.25) is 4.79 Å². The van der Waals surface area contributed by atoms with Crippen LogP contribution >= 0.6 is 0 Å². The second-order valence-corrected chi connectivity index (χ2v) is 5.29. The van der Waals surface area contributed by atoms with Crippen LogP contribution in [0.2, 0.25) is 0 Å². The van der Waals surface area contributed by atoms with Crippen LogP contribution in [0.1, 0.15) is 19.3 Å². The van der Waals surface area contributed by atoms with Gasteiger partial charge >= 0.3 is 0 Å². The van der Waals surface area contributed by atoms with Crippen LogP contribution in [0.25, 0.3) is 0 Å². The minimum Gasteiger partial charge on any atom is -0.381 e. The van der Waals surface area contributed by atoms with E-state index < -0.39 is 0 Å². The van der Waals surface area contributed by atoms with Gasteiger partial charge in [0.25, 0.3) is 0 Å². The van der Waals surface area contributed by atoms with Crippen LogP contribution in [0.4, 0.5) is 5.69 Å². The summed E-state index contributed by atoms with van der Waals surface area (Å²) in [4.78, 5) is 14.0. The molecule has 2 fully saturated rings. The zero-order valence-corrected chi connectivity index (χ0v) is 11.0. The third-order valence-electron chi connectivity index (χ3n) is 3.89. The number of para-hydroxylation sites is 1. The number of nitrogens with zero attached hydrogens (tertiary/aromatic N) is 1. The number of hydrogen-bond donors (Lipinski definition) is 1. The Morgan fingerprint density at radius 1 is 1.11 bits per heavy atom. The minimum atomic E-state index is 0.218. The largest absolute Gasteiger partial charge is 0.381 e. The SMILES string of the molecule is O=C1CC(NC2CCOCC2)CN1c1ccccc1. The number of carbonyl (C=O) groups excluding carboxylic acids is 1. The van der Waals surface area contributed by atoms with E-state index in [0.29, 0.717) is 12.5 Å². The number of nitrogens with one attached hydrogen (secondary N) is 1. The molecular formula is C15H20N2O2. The summed E-state index contributed by atoms with van der Waals surface area (Å²) >= 11 is 0. The number of amides is 1. The number of rotatable bonds is 3. The Morgan fingerprint density at radius 2 is 1.84 bits per heavy atom. The first kappa shape index (κ1) is 12.6. The molecule has 0 bridgehead atoms. The second-order valence-electron chi connectivity index (χ2n) is 5.29. The van der Waals surface area contributed by atoms with Crippen LogP contribution in [0.5, 0.6) is 0 Å². The van der Waals surface area contributed by atoms with E-state index in [1.54, 1.807) is 0 Å². The molecule has 102 valence electrons. The van der Waals surface area contributed by atoms with E-state index in [9.17, 15) is 4.79 Å². The third-order valence-corrected chi connectivity index (χ3v) is 3.89. The lowest BCUT2D eigenvalue weighted by Crippen LogP contribution is -2.42. The Morgan fingerprint density at radius 3 is 2.58 bits per heavy atom. The van der Waals surface area contributed by atoms with Crippen LogP contribution < -0.4 is 10.2 Å². The van der Waals surface area contributed by atoms with Crippen molar-refractivity contribution in [1.82, 2.24) is 5.32 Å². The van der Waals surface area contributed by atoms with Gasteiger partial charge in [-0.15, -0.1) is 0 Å². The quantitative estimate of drug-likeness (QED) is 0.896. The molecule has 19 heavy (non-hydrogen) atoms. The van der Waals surface area contributed by atoms with Gasteiger partial charge in [-0.1, -0.05) is 18.2 Å². The highest BCUT2D eigenvalue weighted by molar-refractivity contribution is 5.96. The van der Waals surface area contributed by atoms with Crippen molar-refractivity contribution >= 4 is 11.6 Å². The topological polar surface area (TPSA) is 41.6 Å². The maximum atomic E-state index is 12.1. The fraction of sp³-hybridized carbons (Fsp3) is 0.533. The molecule has 2 saturated heterocycles. The minimum absolute atomic E-state index is 0.218. The molecule has 1 atom stereocenters. The molecule has 0 spiro atoms. The molecular weight excluding hydrogens is 240 g/mol. The van der Waals surface area contributed by atoms with Crippen LogP contribution in [-0.4, -0.2) is 37.7 Å². The molecule has 4 nitrogen and oxygen atoms in total. The highest BCUT2D eigenvalue weighted by Gasteiger charge is 2.31. The summed E-state index contributed by atoms with van der Waals surface area (Å²) in [5.41, 5.74) is 1.00. The third kappa shape index (κ3) is 2.96. The van der Waals surface area contributed by atoms with Gasteiger partial charge in [-0.25, -0.2) is 0 Å².